The molecule has 36 heavy (non-hydrogen) atoms. The molecular formula is C31H35NO4. The van der Waals surface area contributed by atoms with Gasteiger partial charge in [0.15, 0.2) is 5.60 Å². The zero-order valence-electron chi connectivity index (χ0n) is 21.8. The minimum Gasteiger partial charge on any atom is -0.476 e. The summed E-state index contributed by atoms with van der Waals surface area (Å²) in [5, 5.41) is 0. The Morgan fingerprint density at radius 2 is 1.67 bits per heavy atom. The van der Waals surface area contributed by atoms with Crippen molar-refractivity contribution in [2.45, 2.75) is 52.1 Å². The molecule has 5 heteroatoms. The quantitative estimate of drug-likeness (QED) is 0.383. The van der Waals surface area contributed by atoms with Crippen molar-refractivity contribution in [1.29, 1.82) is 0 Å². The van der Waals surface area contributed by atoms with Gasteiger partial charge in [0.1, 0.15) is 5.75 Å². The lowest BCUT2D eigenvalue weighted by molar-refractivity contribution is -0.156. The van der Waals surface area contributed by atoms with Crippen LogP contribution in [0.25, 0.3) is 11.1 Å². The third-order valence-electron chi connectivity index (χ3n) is 7.04. The maximum atomic E-state index is 13.5. The van der Waals surface area contributed by atoms with E-state index in [1.54, 1.807) is 13.8 Å². The molecule has 5 nitrogen and oxygen atoms in total. The third kappa shape index (κ3) is 5.62. The van der Waals surface area contributed by atoms with Gasteiger partial charge in [0, 0.05) is 24.6 Å². The number of ether oxygens (including phenoxy) is 2. The number of rotatable bonds is 6. The fourth-order valence-electron chi connectivity index (χ4n) is 4.78. The van der Waals surface area contributed by atoms with Gasteiger partial charge in [0.25, 0.3) is 5.91 Å². The van der Waals surface area contributed by atoms with Gasteiger partial charge in [-0.2, -0.15) is 0 Å². The summed E-state index contributed by atoms with van der Waals surface area (Å²) >= 11 is 0. The Hall–Kier alpha value is -3.60. The lowest BCUT2D eigenvalue weighted by atomic mass is 9.90. The summed E-state index contributed by atoms with van der Waals surface area (Å²) in [4.78, 5) is 27.5. The van der Waals surface area contributed by atoms with Crippen LogP contribution in [-0.2, 0) is 9.53 Å². The van der Waals surface area contributed by atoms with Gasteiger partial charge < -0.3 is 14.4 Å². The van der Waals surface area contributed by atoms with Gasteiger partial charge in [0.2, 0.25) is 0 Å². The monoisotopic (exact) mass is 485 g/mol. The number of piperidine rings is 1. The zero-order valence-corrected chi connectivity index (χ0v) is 21.8. The molecule has 0 spiro atoms. The lowest BCUT2D eigenvalue weighted by Crippen LogP contribution is -2.39. The van der Waals surface area contributed by atoms with Crippen LogP contribution >= 0.6 is 0 Å². The van der Waals surface area contributed by atoms with E-state index in [9.17, 15) is 9.59 Å². The molecule has 1 aliphatic heterocycles. The standard InChI is InChI=1S/C31H35NO4/c1-21-14-15-25(17-22(21)2)23-9-6-11-26(18-23)29(33)32-16-8-12-27(20-32)24-10-7-13-28(19-24)36-31(3,4)30(34)35-5/h6-7,9-11,13-15,17-19,27H,8,12,16,20H2,1-5H3. The number of amides is 1. The van der Waals surface area contributed by atoms with Crippen molar-refractivity contribution in [3.05, 3.63) is 89.0 Å². The first-order chi connectivity index (χ1) is 17.2. The highest BCUT2D eigenvalue weighted by atomic mass is 16.6. The van der Waals surface area contributed by atoms with E-state index in [0.29, 0.717) is 17.9 Å². The summed E-state index contributed by atoms with van der Waals surface area (Å²) in [7, 11) is 1.36. The van der Waals surface area contributed by atoms with Crippen LogP contribution in [0, 0.1) is 13.8 Å². The Labute approximate surface area is 214 Å². The van der Waals surface area contributed by atoms with Crippen molar-refractivity contribution in [2.75, 3.05) is 20.2 Å². The van der Waals surface area contributed by atoms with E-state index in [0.717, 1.165) is 36.1 Å². The predicted octanol–water partition coefficient (Wildman–Crippen LogP) is 6.32. The van der Waals surface area contributed by atoms with Crippen molar-refractivity contribution >= 4 is 11.9 Å². The fraction of sp³-hybridized carbons (Fsp3) is 0.355. The van der Waals surface area contributed by atoms with E-state index >= 15 is 0 Å². The van der Waals surface area contributed by atoms with Crippen molar-refractivity contribution in [3.8, 4) is 16.9 Å². The molecule has 4 rings (SSSR count). The van der Waals surface area contributed by atoms with Gasteiger partial charge in [0.05, 0.1) is 7.11 Å². The Morgan fingerprint density at radius 1 is 0.917 bits per heavy atom. The summed E-state index contributed by atoms with van der Waals surface area (Å²) in [5.41, 5.74) is 5.41. The van der Waals surface area contributed by atoms with Crippen molar-refractivity contribution in [1.82, 2.24) is 4.90 Å². The molecule has 1 unspecified atom stereocenters. The van der Waals surface area contributed by atoms with Crippen LogP contribution < -0.4 is 4.74 Å². The van der Waals surface area contributed by atoms with Gasteiger partial charge in [-0.1, -0.05) is 42.5 Å². The first kappa shape index (κ1) is 25.5. The normalized spacial score (nSPS) is 15.9. The van der Waals surface area contributed by atoms with Gasteiger partial charge >= 0.3 is 5.97 Å². The molecule has 1 saturated heterocycles. The predicted molar refractivity (Wildman–Crippen MR) is 142 cm³/mol. The number of benzene rings is 3. The second-order valence-corrected chi connectivity index (χ2v) is 10.1. The van der Waals surface area contributed by atoms with E-state index in [-0.39, 0.29) is 11.8 Å². The molecule has 1 aliphatic rings. The highest BCUT2D eigenvalue weighted by Crippen LogP contribution is 2.31. The molecule has 1 atom stereocenters. The Bertz CT molecular complexity index is 1260. The molecule has 1 fully saturated rings. The third-order valence-corrected chi connectivity index (χ3v) is 7.04. The van der Waals surface area contributed by atoms with Gasteiger partial charge in [-0.05, 0) is 92.6 Å². The smallest absolute Gasteiger partial charge is 0.349 e. The number of methoxy groups -OCH3 is 1. The van der Waals surface area contributed by atoms with Gasteiger partial charge in [-0.3, -0.25) is 4.79 Å². The molecule has 0 aromatic heterocycles. The van der Waals surface area contributed by atoms with Crippen molar-refractivity contribution < 1.29 is 19.1 Å². The summed E-state index contributed by atoms with van der Waals surface area (Å²) in [6.07, 6.45) is 1.93. The van der Waals surface area contributed by atoms with E-state index in [1.807, 2.05) is 41.3 Å². The van der Waals surface area contributed by atoms with Crippen LogP contribution in [0.1, 0.15) is 59.7 Å². The summed E-state index contributed by atoms with van der Waals surface area (Å²) in [6.45, 7) is 8.99. The highest BCUT2D eigenvalue weighted by molar-refractivity contribution is 5.95. The molecule has 0 radical (unpaired) electrons. The molecular weight excluding hydrogens is 450 g/mol. The average molecular weight is 486 g/mol. The first-order valence-electron chi connectivity index (χ1n) is 12.5. The summed E-state index contributed by atoms with van der Waals surface area (Å²) < 4.78 is 10.8. The van der Waals surface area contributed by atoms with Crippen LogP contribution in [0.2, 0.25) is 0 Å². The second-order valence-electron chi connectivity index (χ2n) is 10.1. The number of aryl methyl sites for hydroxylation is 2. The lowest BCUT2D eigenvalue weighted by Gasteiger charge is -2.33. The SMILES string of the molecule is COC(=O)C(C)(C)Oc1cccc(C2CCCN(C(=O)c3cccc(-c4ccc(C)c(C)c4)c3)C2)c1. The van der Waals surface area contributed by atoms with E-state index < -0.39 is 11.6 Å². The fourth-order valence-corrected chi connectivity index (χ4v) is 4.78. The number of esters is 1. The van der Waals surface area contributed by atoms with Crippen molar-refractivity contribution in [3.63, 3.8) is 0 Å². The number of carbonyl (C=O) groups excluding carboxylic acids is 2. The summed E-state index contributed by atoms with van der Waals surface area (Å²) in [6, 6.07) is 22.2. The highest BCUT2D eigenvalue weighted by Gasteiger charge is 2.32. The zero-order chi connectivity index (χ0) is 25.9. The molecule has 1 amide bonds. The molecule has 0 N–H and O–H groups in total. The number of hydrogen-bond acceptors (Lipinski definition) is 4. The number of likely N-dealkylation sites (tertiary alicyclic amines) is 1. The van der Waals surface area contributed by atoms with Crippen LogP contribution in [-0.4, -0.2) is 42.6 Å². The first-order valence-corrected chi connectivity index (χ1v) is 12.5. The molecule has 0 saturated carbocycles. The maximum absolute atomic E-state index is 13.5. The minimum atomic E-state index is -1.08. The topological polar surface area (TPSA) is 55.8 Å². The second kappa shape index (κ2) is 10.6. The van der Waals surface area contributed by atoms with Crippen molar-refractivity contribution in [2.24, 2.45) is 0 Å². The molecule has 3 aromatic rings. The number of carbonyl (C=O) groups is 2. The average Bonchev–Trinajstić information content (AvgIpc) is 2.89. The molecule has 1 heterocycles. The molecule has 3 aromatic carbocycles. The Morgan fingerprint density at radius 3 is 2.42 bits per heavy atom. The minimum absolute atomic E-state index is 0.0598. The largest absolute Gasteiger partial charge is 0.476 e. The molecule has 188 valence electrons. The van der Waals surface area contributed by atoms with Crippen LogP contribution in [0.3, 0.4) is 0 Å². The van der Waals surface area contributed by atoms with Crippen LogP contribution in [0.15, 0.2) is 66.7 Å². The number of hydrogen-bond donors (Lipinski definition) is 0. The van der Waals surface area contributed by atoms with E-state index in [2.05, 4.69) is 44.2 Å². The van der Waals surface area contributed by atoms with E-state index in [1.165, 1.54) is 18.2 Å². The molecule has 0 aliphatic carbocycles. The van der Waals surface area contributed by atoms with Crippen LogP contribution in [0.5, 0.6) is 5.75 Å². The van der Waals surface area contributed by atoms with E-state index in [4.69, 9.17) is 9.47 Å². The number of nitrogens with zero attached hydrogens (tertiary/aromatic N) is 1. The Kier molecular flexibility index (Phi) is 7.48. The van der Waals surface area contributed by atoms with Gasteiger partial charge in [-0.25, -0.2) is 4.79 Å². The summed E-state index contributed by atoms with van der Waals surface area (Å²) in [5.74, 6) is 0.456. The van der Waals surface area contributed by atoms with Gasteiger partial charge in [-0.15, -0.1) is 0 Å². The Balaban J connectivity index is 1.50. The maximum Gasteiger partial charge on any atom is 0.349 e. The van der Waals surface area contributed by atoms with Crippen LogP contribution in [0.4, 0.5) is 0 Å². The molecule has 0 bridgehead atoms.